The smallest absolute Gasteiger partial charge is 0.0408 e. The van der Waals surface area contributed by atoms with Crippen LogP contribution in [0.3, 0.4) is 0 Å². The molecule has 1 nitrogen and oxygen atoms in total. The summed E-state index contributed by atoms with van der Waals surface area (Å²) in [6.45, 7) is 0. The van der Waals surface area contributed by atoms with Crippen LogP contribution in [0.4, 0.5) is 11.4 Å². The number of hydrogen-bond donors (Lipinski definition) is 0. The van der Waals surface area contributed by atoms with Gasteiger partial charge < -0.3 is 4.90 Å². The number of hydrogen-bond acceptors (Lipinski definition) is 1. The Hall–Kier alpha value is -4.88. The summed E-state index contributed by atoms with van der Waals surface area (Å²) in [5.41, 5.74) is 12.1. The summed E-state index contributed by atoms with van der Waals surface area (Å²) in [5, 5.41) is 0. The number of anilines is 2. The normalized spacial score (nSPS) is 10.8. The van der Waals surface area contributed by atoms with E-state index < -0.39 is 0 Å². The van der Waals surface area contributed by atoms with Crippen LogP contribution in [0.25, 0.3) is 44.5 Å². The third-order valence-corrected chi connectivity index (χ3v) is 7.12. The Kier molecular flexibility index (Phi) is 6.57. The Balaban J connectivity index is 1.20. The lowest BCUT2D eigenvalue weighted by atomic mass is 9.98. The first kappa shape index (κ1) is 23.5. The molecule has 1 heteroatoms. The molecule has 0 fully saturated rings. The highest BCUT2D eigenvalue weighted by Crippen LogP contribution is 2.32. The first-order valence-electron chi connectivity index (χ1n) is 13.0. The van der Waals surface area contributed by atoms with Gasteiger partial charge >= 0.3 is 0 Å². The SMILES string of the molecule is CN(c1ccc(-c2cccc(-c3ccccc3)c2)cc1)c1ccc(-c2cccc(-c3ccccc3)c2)cc1. The van der Waals surface area contributed by atoms with E-state index in [2.05, 4.69) is 170 Å². The molecular weight excluding hydrogens is 458 g/mol. The van der Waals surface area contributed by atoms with Gasteiger partial charge in [0.25, 0.3) is 0 Å². The van der Waals surface area contributed by atoms with Gasteiger partial charge in [0.15, 0.2) is 0 Å². The van der Waals surface area contributed by atoms with Gasteiger partial charge in [0.1, 0.15) is 0 Å². The van der Waals surface area contributed by atoms with E-state index in [4.69, 9.17) is 0 Å². The third kappa shape index (κ3) is 5.00. The van der Waals surface area contributed by atoms with E-state index >= 15 is 0 Å². The molecule has 0 atom stereocenters. The maximum Gasteiger partial charge on any atom is 0.0408 e. The summed E-state index contributed by atoms with van der Waals surface area (Å²) < 4.78 is 0. The second kappa shape index (κ2) is 10.6. The minimum atomic E-state index is 1.16. The zero-order chi connectivity index (χ0) is 25.7. The van der Waals surface area contributed by atoms with Gasteiger partial charge in [-0.1, -0.05) is 121 Å². The van der Waals surface area contributed by atoms with Crippen LogP contribution in [0, 0.1) is 0 Å². The van der Waals surface area contributed by atoms with Crippen molar-refractivity contribution in [3.8, 4) is 44.5 Å². The van der Waals surface area contributed by atoms with Crippen molar-refractivity contribution in [3.63, 3.8) is 0 Å². The summed E-state index contributed by atoms with van der Waals surface area (Å²) in [7, 11) is 2.12. The van der Waals surface area contributed by atoms with Crippen LogP contribution in [-0.4, -0.2) is 7.05 Å². The van der Waals surface area contributed by atoms with Crippen LogP contribution in [0.2, 0.25) is 0 Å². The molecule has 0 spiro atoms. The summed E-state index contributed by atoms with van der Waals surface area (Å²) in [6, 6.07) is 56.2. The van der Waals surface area contributed by atoms with Gasteiger partial charge in [-0.2, -0.15) is 0 Å². The molecule has 0 saturated carbocycles. The number of benzene rings is 6. The van der Waals surface area contributed by atoms with E-state index in [0.717, 1.165) is 11.4 Å². The van der Waals surface area contributed by atoms with Crippen molar-refractivity contribution in [2.75, 3.05) is 11.9 Å². The lowest BCUT2D eigenvalue weighted by Gasteiger charge is -2.20. The largest absolute Gasteiger partial charge is 0.345 e. The summed E-state index contributed by atoms with van der Waals surface area (Å²) in [6.07, 6.45) is 0. The molecule has 0 aliphatic heterocycles. The van der Waals surface area contributed by atoms with Crippen molar-refractivity contribution >= 4 is 11.4 Å². The lowest BCUT2D eigenvalue weighted by molar-refractivity contribution is 1.21. The van der Waals surface area contributed by atoms with Crippen molar-refractivity contribution in [1.29, 1.82) is 0 Å². The Morgan fingerprint density at radius 3 is 0.921 bits per heavy atom. The Labute approximate surface area is 225 Å². The molecular formula is C37H29N. The highest BCUT2D eigenvalue weighted by Gasteiger charge is 2.08. The summed E-state index contributed by atoms with van der Waals surface area (Å²) in [5.74, 6) is 0. The fraction of sp³-hybridized carbons (Fsp3) is 0.0270. The van der Waals surface area contributed by atoms with Crippen LogP contribution < -0.4 is 4.90 Å². The van der Waals surface area contributed by atoms with Gasteiger partial charge in [-0.3, -0.25) is 0 Å². The minimum Gasteiger partial charge on any atom is -0.345 e. The van der Waals surface area contributed by atoms with Gasteiger partial charge in [0, 0.05) is 18.4 Å². The highest BCUT2D eigenvalue weighted by atomic mass is 15.1. The topological polar surface area (TPSA) is 3.24 Å². The van der Waals surface area contributed by atoms with E-state index in [1.54, 1.807) is 0 Å². The Bertz CT molecular complexity index is 1510. The molecule has 0 aliphatic carbocycles. The first-order chi connectivity index (χ1) is 18.7. The van der Waals surface area contributed by atoms with Crippen molar-refractivity contribution in [1.82, 2.24) is 0 Å². The number of rotatable bonds is 6. The second-order valence-electron chi connectivity index (χ2n) is 9.55. The maximum absolute atomic E-state index is 2.26. The molecule has 0 saturated heterocycles. The van der Waals surface area contributed by atoms with Crippen LogP contribution >= 0.6 is 0 Å². The van der Waals surface area contributed by atoms with Crippen molar-refractivity contribution in [2.45, 2.75) is 0 Å². The third-order valence-electron chi connectivity index (χ3n) is 7.12. The standard InChI is InChI=1S/C37H29N/c1-38(36-22-18-30(19-23-36)34-16-8-14-32(26-34)28-10-4-2-5-11-28)37-24-20-31(21-25-37)35-17-9-15-33(27-35)29-12-6-3-7-13-29/h2-27H,1H3. The van der Waals surface area contributed by atoms with Crippen molar-refractivity contribution in [2.24, 2.45) is 0 Å². The zero-order valence-electron chi connectivity index (χ0n) is 21.5. The Morgan fingerprint density at radius 1 is 0.289 bits per heavy atom. The first-order valence-corrected chi connectivity index (χ1v) is 13.0. The fourth-order valence-corrected chi connectivity index (χ4v) is 4.92. The van der Waals surface area contributed by atoms with E-state index in [-0.39, 0.29) is 0 Å². The van der Waals surface area contributed by atoms with E-state index in [0.29, 0.717) is 0 Å². The van der Waals surface area contributed by atoms with E-state index in [1.807, 2.05) is 0 Å². The molecule has 0 radical (unpaired) electrons. The fourth-order valence-electron chi connectivity index (χ4n) is 4.92. The van der Waals surface area contributed by atoms with Gasteiger partial charge in [-0.05, 0) is 80.9 Å². The van der Waals surface area contributed by atoms with Gasteiger partial charge in [0.2, 0.25) is 0 Å². The highest BCUT2D eigenvalue weighted by molar-refractivity contribution is 5.77. The minimum absolute atomic E-state index is 1.16. The average molecular weight is 488 g/mol. The summed E-state index contributed by atoms with van der Waals surface area (Å²) in [4.78, 5) is 2.23. The van der Waals surface area contributed by atoms with Gasteiger partial charge in [-0.15, -0.1) is 0 Å². The quantitative estimate of drug-likeness (QED) is 0.226. The molecule has 0 unspecified atom stereocenters. The monoisotopic (exact) mass is 487 g/mol. The van der Waals surface area contributed by atoms with Crippen LogP contribution in [-0.2, 0) is 0 Å². The molecule has 6 aromatic rings. The van der Waals surface area contributed by atoms with Crippen LogP contribution in [0.1, 0.15) is 0 Å². The molecule has 0 amide bonds. The molecule has 38 heavy (non-hydrogen) atoms. The molecule has 182 valence electrons. The lowest BCUT2D eigenvalue weighted by Crippen LogP contribution is -2.08. The second-order valence-corrected chi connectivity index (χ2v) is 9.55. The zero-order valence-corrected chi connectivity index (χ0v) is 21.5. The predicted octanol–water partition coefficient (Wildman–Crippen LogP) is 10.1. The molecule has 6 aromatic carbocycles. The molecule has 0 heterocycles. The molecule has 6 rings (SSSR count). The van der Waals surface area contributed by atoms with E-state index in [9.17, 15) is 0 Å². The van der Waals surface area contributed by atoms with Gasteiger partial charge in [-0.25, -0.2) is 0 Å². The summed E-state index contributed by atoms with van der Waals surface area (Å²) >= 11 is 0. The maximum atomic E-state index is 2.26. The Morgan fingerprint density at radius 2 is 0.579 bits per heavy atom. The molecule has 0 aromatic heterocycles. The number of nitrogens with zero attached hydrogens (tertiary/aromatic N) is 1. The molecule has 0 aliphatic rings. The van der Waals surface area contributed by atoms with Gasteiger partial charge in [0.05, 0.1) is 0 Å². The van der Waals surface area contributed by atoms with Crippen molar-refractivity contribution < 1.29 is 0 Å². The average Bonchev–Trinajstić information content (AvgIpc) is 3.02. The van der Waals surface area contributed by atoms with Crippen LogP contribution in [0.5, 0.6) is 0 Å². The molecule has 0 N–H and O–H groups in total. The molecule has 0 bridgehead atoms. The van der Waals surface area contributed by atoms with E-state index in [1.165, 1.54) is 44.5 Å². The van der Waals surface area contributed by atoms with Crippen molar-refractivity contribution in [3.05, 3.63) is 158 Å². The predicted molar refractivity (Wildman–Crippen MR) is 163 cm³/mol. The van der Waals surface area contributed by atoms with Crippen LogP contribution in [0.15, 0.2) is 158 Å².